The van der Waals surface area contributed by atoms with Crippen LogP contribution < -0.4 is 10.5 Å². The molecule has 0 aliphatic heterocycles. The first-order valence-electron chi connectivity index (χ1n) is 4.74. The van der Waals surface area contributed by atoms with E-state index in [1.807, 2.05) is 0 Å². The normalized spacial score (nSPS) is 12.7. The van der Waals surface area contributed by atoms with E-state index in [9.17, 15) is 9.50 Å². The first-order chi connectivity index (χ1) is 7.02. The molecule has 1 unspecified atom stereocenters. The largest absolute Gasteiger partial charge is 0.496 e. The number of ether oxygens (including phenoxy) is 1. The van der Waals surface area contributed by atoms with Crippen molar-refractivity contribution in [1.82, 2.24) is 0 Å². The molecular weight excluding hydrogens is 197 g/mol. The van der Waals surface area contributed by atoms with E-state index in [0.717, 1.165) is 5.56 Å². The quantitative estimate of drug-likeness (QED) is 0.798. The Morgan fingerprint density at radius 1 is 1.47 bits per heavy atom. The number of aliphatic hydroxyl groups excluding tert-OH is 1. The molecule has 0 saturated carbocycles. The predicted molar refractivity (Wildman–Crippen MR) is 56.4 cm³/mol. The van der Waals surface area contributed by atoms with Crippen LogP contribution in [-0.2, 0) is 0 Å². The van der Waals surface area contributed by atoms with Crippen molar-refractivity contribution in [1.29, 1.82) is 0 Å². The summed E-state index contributed by atoms with van der Waals surface area (Å²) in [6.07, 6.45) is -1.03. The van der Waals surface area contributed by atoms with Gasteiger partial charge in [0.2, 0.25) is 0 Å². The molecule has 0 saturated heterocycles. The van der Waals surface area contributed by atoms with Crippen LogP contribution in [-0.4, -0.2) is 18.8 Å². The van der Waals surface area contributed by atoms with Crippen LogP contribution in [0.5, 0.6) is 5.75 Å². The van der Waals surface area contributed by atoms with Gasteiger partial charge in [-0.15, -0.1) is 0 Å². The van der Waals surface area contributed by atoms with Crippen LogP contribution in [0.25, 0.3) is 0 Å². The minimum Gasteiger partial charge on any atom is -0.496 e. The topological polar surface area (TPSA) is 55.5 Å². The maximum atomic E-state index is 13.8. The summed E-state index contributed by atoms with van der Waals surface area (Å²) in [6, 6.07) is 1.68. The zero-order valence-corrected chi connectivity index (χ0v) is 9.17. The molecule has 0 heterocycles. The maximum Gasteiger partial charge on any atom is 0.135 e. The number of hydrogen-bond donors (Lipinski definition) is 2. The Hall–Kier alpha value is -1.13. The lowest BCUT2D eigenvalue weighted by atomic mass is 10.00. The van der Waals surface area contributed by atoms with Crippen LogP contribution in [0.3, 0.4) is 0 Å². The minimum absolute atomic E-state index is 0.0316. The van der Waals surface area contributed by atoms with Crippen LogP contribution >= 0.6 is 0 Å². The van der Waals surface area contributed by atoms with E-state index < -0.39 is 11.9 Å². The maximum absolute atomic E-state index is 13.8. The van der Waals surface area contributed by atoms with Crippen molar-refractivity contribution in [3.05, 3.63) is 28.6 Å². The lowest BCUT2D eigenvalue weighted by molar-refractivity contribution is 0.176. The summed E-state index contributed by atoms with van der Waals surface area (Å²) in [7, 11) is 1.45. The Bertz CT molecular complexity index is 366. The summed E-state index contributed by atoms with van der Waals surface area (Å²) in [5.74, 6) is -0.0774. The number of halogens is 1. The summed E-state index contributed by atoms with van der Waals surface area (Å²) >= 11 is 0. The van der Waals surface area contributed by atoms with Gasteiger partial charge in [-0.25, -0.2) is 4.39 Å². The van der Waals surface area contributed by atoms with Crippen LogP contribution in [0.15, 0.2) is 6.07 Å². The van der Waals surface area contributed by atoms with Crippen molar-refractivity contribution in [2.75, 3.05) is 13.7 Å². The van der Waals surface area contributed by atoms with Crippen molar-refractivity contribution in [3.63, 3.8) is 0 Å². The van der Waals surface area contributed by atoms with Crippen LogP contribution in [0.4, 0.5) is 4.39 Å². The zero-order valence-electron chi connectivity index (χ0n) is 9.17. The highest BCUT2D eigenvalue weighted by molar-refractivity contribution is 5.46. The Morgan fingerprint density at radius 2 is 2.07 bits per heavy atom. The van der Waals surface area contributed by atoms with Gasteiger partial charge in [-0.2, -0.15) is 0 Å². The number of benzene rings is 1. The van der Waals surface area contributed by atoms with E-state index in [2.05, 4.69) is 0 Å². The number of methoxy groups -OCH3 is 1. The SMILES string of the molecule is COc1c(C)cc(C)c(F)c1C(O)CN. The fourth-order valence-corrected chi connectivity index (χ4v) is 1.66. The summed E-state index contributed by atoms with van der Waals surface area (Å²) in [4.78, 5) is 0. The second kappa shape index (κ2) is 4.59. The van der Waals surface area contributed by atoms with E-state index in [1.54, 1.807) is 19.9 Å². The molecule has 3 N–H and O–H groups in total. The van der Waals surface area contributed by atoms with Gasteiger partial charge in [0.25, 0.3) is 0 Å². The lowest BCUT2D eigenvalue weighted by Gasteiger charge is -2.17. The van der Waals surface area contributed by atoms with Crippen LogP contribution in [0.2, 0.25) is 0 Å². The Balaban J connectivity index is 3.43. The molecular formula is C11H16FNO2. The monoisotopic (exact) mass is 213 g/mol. The van der Waals surface area contributed by atoms with Crippen molar-refractivity contribution < 1.29 is 14.2 Å². The van der Waals surface area contributed by atoms with Gasteiger partial charge in [0.05, 0.1) is 18.8 Å². The molecule has 0 fully saturated rings. The van der Waals surface area contributed by atoms with Gasteiger partial charge in [-0.1, -0.05) is 0 Å². The summed E-state index contributed by atoms with van der Waals surface area (Å²) in [6.45, 7) is 3.42. The molecule has 0 aliphatic carbocycles. The highest BCUT2D eigenvalue weighted by atomic mass is 19.1. The Kier molecular flexibility index (Phi) is 3.66. The van der Waals surface area contributed by atoms with Gasteiger partial charge < -0.3 is 15.6 Å². The Morgan fingerprint density at radius 3 is 2.53 bits per heavy atom. The molecule has 1 aromatic rings. The number of nitrogens with two attached hydrogens (primary N) is 1. The average molecular weight is 213 g/mol. The molecule has 0 bridgehead atoms. The van der Waals surface area contributed by atoms with Crippen LogP contribution in [0.1, 0.15) is 22.8 Å². The van der Waals surface area contributed by atoms with Crippen molar-refractivity contribution in [2.24, 2.45) is 5.73 Å². The third-order valence-electron chi connectivity index (χ3n) is 2.38. The fourth-order valence-electron chi connectivity index (χ4n) is 1.66. The molecule has 1 rings (SSSR count). The smallest absolute Gasteiger partial charge is 0.135 e. The fraction of sp³-hybridized carbons (Fsp3) is 0.455. The average Bonchev–Trinajstić information content (AvgIpc) is 2.21. The highest BCUT2D eigenvalue weighted by Crippen LogP contribution is 2.32. The second-order valence-electron chi connectivity index (χ2n) is 3.52. The van der Waals surface area contributed by atoms with E-state index in [4.69, 9.17) is 10.5 Å². The molecule has 0 amide bonds. The summed E-state index contributed by atoms with van der Waals surface area (Å²) in [5, 5.41) is 9.63. The third-order valence-corrected chi connectivity index (χ3v) is 2.38. The molecule has 0 aromatic heterocycles. The number of rotatable bonds is 3. The van der Waals surface area contributed by atoms with Gasteiger partial charge >= 0.3 is 0 Å². The standard InChI is InChI=1S/C11H16FNO2/c1-6-4-7(2)11(15-3)9(10(6)12)8(14)5-13/h4,8,14H,5,13H2,1-3H3. The van der Waals surface area contributed by atoms with Gasteiger partial charge in [0.1, 0.15) is 11.6 Å². The van der Waals surface area contributed by atoms with E-state index in [-0.39, 0.29) is 12.1 Å². The van der Waals surface area contributed by atoms with Gasteiger partial charge in [-0.3, -0.25) is 0 Å². The molecule has 1 atom stereocenters. The van der Waals surface area contributed by atoms with Gasteiger partial charge in [0, 0.05) is 6.54 Å². The van der Waals surface area contributed by atoms with Crippen molar-refractivity contribution in [2.45, 2.75) is 20.0 Å². The highest BCUT2D eigenvalue weighted by Gasteiger charge is 2.20. The molecule has 15 heavy (non-hydrogen) atoms. The van der Waals surface area contributed by atoms with E-state index in [1.165, 1.54) is 7.11 Å². The number of hydrogen-bond acceptors (Lipinski definition) is 3. The van der Waals surface area contributed by atoms with E-state index >= 15 is 0 Å². The molecule has 0 aliphatic rings. The molecule has 1 aromatic carbocycles. The predicted octanol–water partition coefficient (Wildman–Crippen LogP) is 1.44. The van der Waals surface area contributed by atoms with Gasteiger partial charge in [0.15, 0.2) is 0 Å². The molecule has 84 valence electrons. The summed E-state index contributed by atoms with van der Waals surface area (Å²) < 4.78 is 18.9. The van der Waals surface area contributed by atoms with Crippen molar-refractivity contribution in [3.8, 4) is 5.75 Å². The zero-order chi connectivity index (χ0) is 11.6. The summed E-state index contributed by atoms with van der Waals surface area (Å²) in [5.41, 5.74) is 6.75. The first-order valence-corrected chi connectivity index (χ1v) is 4.74. The lowest BCUT2D eigenvalue weighted by Crippen LogP contribution is -2.15. The van der Waals surface area contributed by atoms with Crippen LogP contribution in [0, 0.1) is 19.7 Å². The molecule has 4 heteroatoms. The van der Waals surface area contributed by atoms with Crippen molar-refractivity contribution >= 4 is 0 Å². The Labute approximate surface area is 88.7 Å². The first kappa shape index (κ1) is 11.9. The van der Waals surface area contributed by atoms with Gasteiger partial charge in [-0.05, 0) is 31.0 Å². The number of aryl methyl sites for hydroxylation is 2. The van der Waals surface area contributed by atoms with E-state index in [0.29, 0.717) is 11.3 Å². The molecule has 0 radical (unpaired) electrons. The molecule has 3 nitrogen and oxygen atoms in total. The third kappa shape index (κ3) is 2.11. The minimum atomic E-state index is -1.03. The number of aliphatic hydroxyl groups is 1. The molecule has 0 spiro atoms. The second-order valence-corrected chi connectivity index (χ2v) is 3.52.